The lowest BCUT2D eigenvalue weighted by atomic mass is 10.0. The fourth-order valence-electron chi connectivity index (χ4n) is 2.85. The van der Waals surface area contributed by atoms with E-state index in [2.05, 4.69) is 23.9 Å². The number of carbonyl (C=O) groups excluding carboxylic acids is 1. The molecule has 0 aromatic rings. The topological polar surface area (TPSA) is 32.8 Å². The molecule has 4 heteroatoms. The Kier molecular flexibility index (Phi) is 4.54. The van der Waals surface area contributed by atoms with Crippen LogP contribution in [0.1, 0.15) is 19.3 Å². The first-order valence-electron chi connectivity index (χ1n) is 6.66. The number of nitrogens with zero attached hydrogens (tertiary/aromatic N) is 2. The van der Waals surface area contributed by atoms with Crippen LogP contribution < -0.4 is 0 Å². The maximum atomic E-state index is 12.1. The van der Waals surface area contributed by atoms with Gasteiger partial charge in [-0.15, -0.1) is 0 Å². The maximum Gasteiger partial charge on any atom is 0.152 e. The number of hydrogen-bond donors (Lipinski definition) is 0. The first-order valence-corrected chi connectivity index (χ1v) is 6.66. The van der Waals surface area contributed by atoms with Gasteiger partial charge < -0.3 is 9.64 Å². The normalized spacial score (nSPS) is 30.3. The highest BCUT2D eigenvalue weighted by atomic mass is 16.5. The highest BCUT2D eigenvalue weighted by molar-refractivity contribution is 5.83. The lowest BCUT2D eigenvalue weighted by molar-refractivity contribution is -0.124. The molecule has 17 heavy (non-hydrogen) atoms. The second kappa shape index (κ2) is 5.94. The third kappa shape index (κ3) is 3.50. The fourth-order valence-corrected chi connectivity index (χ4v) is 2.85. The molecule has 2 saturated heterocycles. The Morgan fingerprint density at radius 3 is 2.88 bits per heavy atom. The smallest absolute Gasteiger partial charge is 0.152 e. The molecule has 0 amide bonds. The van der Waals surface area contributed by atoms with Crippen molar-refractivity contribution < 1.29 is 9.53 Å². The van der Waals surface area contributed by atoms with Crippen LogP contribution in [-0.4, -0.2) is 68.6 Å². The highest BCUT2D eigenvalue weighted by Gasteiger charge is 2.30. The minimum atomic E-state index is 0.163. The summed E-state index contributed by atoms with van der Waals surface area (Å²) in [5.74, 6) is 0.545. The van der Waals surface area contributed by atoms with Gasteiger partial charge in [-0.25, -0.2) is 0 Å². The molecule has 2 rings (SSSR count). The lowest BCUT2D eigenvalue weighted by Crippen LogP contribution is -2.41. The van der Waals surface area contributed by atoms with Crippen molar-refractivity contribution in [1.82, 2.24) is 9.80 Å². The number of likely N-dealkylation sites (tertiary alicyclic amines) is 1. The third-order valence-electron chi connectivity index (χ3n) is 3.82. The number of ether oxygens (including phenoxy) is 1. The molecule has 0 aliphatic carbocycles. The first-order chi connectivity index (χ1) is 8.16. The van der Waals surface area contributed by atoms with Crippen molar-refractivity contribution in [2.24, 2.45) is 5.92 Å². The van der Waals surface area contributed by atoms with Crippen molar-refractivity contribution in [2.45, 2.75) is 25.3 Å². The molecule has 2 aliphatic rings. The number of hydrogen-bond acceptors (Lipinski definition) is 4. The molecule has 0 aromatic heterocycles. The van der Waals surface area contributed by atoms with Crippen LogP contribution in [0.15, 0.2) is 0 Å². The highest BCUT2D eigenvalue weighted by Crippen LogP contribution is 2.20. The summed E-state index contributed by atoms with van der Waals surface area (Å²) in [4.78, 5) is 16.7. The summed E-state index contributed by atoms with van der Waals surface area (Å²) in [6, 6.07) is 0.566. The Bertz CT molecular complexity index is 262. The molecule has 0 spiro atoms. The van der Waals surface area contributed by atoms with E-state index in [1.54, 1.807) is 0 Å². The standard InChI is InChI=1S/C13H24N2O2/c1-14(2)8-12-4-3-6-15(12)9-13(16)11-5-7-17-10-11/h11-12H,3-10H2,1-2H3. The van der Waals surface area contributed by atoms with E-state index in [0.29, 0.717) is 25.0 Å². The third-order valence-corrected chi connectivity index (χ3v) is 3.82. The van der Waals surface area contributed by atoms with Gasteiger partial charge in [0, 0.05) is 25.1 Å². The Labute approximate surface area is 104 Å². The van der Waals surface area contributed by atoms with Crippen molar-refractivity contribution in [3.8, 4) is 0 Å². The van der Waals surface area contributed by atoms with Gasteiger partial charge in [-0.05, 0) is 39.9 Å². The van der Waals surface area contributed by atoms with Gasteiger partial charge in [-0.3, -0.25) is 9.69 Å². The van der Waals surface area contributed by atoms with Crippen LogP contribution in [0.25, 0.3) is 0 Å². The zero-order chi connectivity index (χ0) is 12.3. The van der Waals surface area contributed by atoms with Crippen molar-refractivity contribution in [2.75, 3.05) is 46.9 Å². The summed E-state index contributed by atoms with van der Waals surface area (Å²) in [5.41, 5.74) is 0. The second-order valence-corrected chi connectivity index (χ2v) is 5.56. The number of likely N-dealkylation sites (N-methyl/N-ethyl adjacent to an activating group) is 1. The number of carbonyl (C=O) groups is 1. The van der Waals surface area contributed by atoms with E-state index in [9.17, 15) is 4.79 Å². The zero-order valence-corrected chi connectivity index (χ0v) is 11.0. The Balaban J connectivity index is 1.82. The van der Waals surface area contributed by atoms with Crippen molar-refractivity contribution >= 4 is 5.78 Å². The summed E-state index contributed by atoms with van der Waals surface area (Å²) < 4.78 is 5.29. The van der Waals surface area contributed by atoms with E-state index in [-0.39, 0.29) is 5.92 Å². The van der Waals surface area contributed by atoms with Gasteiger partial charge in [0.05, 0.1) is 13.2 Å². The molecule has 2 heterocycles. The zero-order valence-electron chi connectivity index (χ0n) is 11.0. The molecule has 2 fully saturated rings. The minimum Gasteiger partial charge on any atom is -0.381 e. The van der Waals surface area contributed by atoms with Crippen LogP contribution in [-0.2, 0) is 9.53 Å². The van der Waals surface area contributed by atoms with Crippen LogP contribution in [0.2, 0.25) is 0 Å². The predicted molar refractivity (Wildman–Crippen MR) is 67.1 cm³/mol. The van der Waals surface area contributed by atoms with E-state index in [4.69, 9.17) is 4.74 Å². The molecule has 2 aliphatic heterocycles. The van der Waals surface area contributed by atoms with Gasteiger partial charge in [0.25, 0.3) is 0 Å². The van der Waals surface area contributed by atoms with Gasteiger partial charge >= 0.3 is 0 Å². The number of ketones is 1. The van der Waals surface area contributed by atoms with Gasteiger partial charge in [0.2, 0.25) is 0 Å². The molecule has 0 aromatic carbocycles. The van der Waals surface area contributed by atoms with Gasteiger partial charge in [0.1, 0.15) is 0 Å². The predicted octanol–water partition coefficient (Wildman–Crippen LogP) is 0.618. The van der Waals surface area contributed by atoms with E-state index in [0.717, 1.165) is 26.1 Å². The molecule has 0 saturated carbocycles. The lowest BCUT2D eigenvalue weighted by Gasteiger charge is -2.27. The summed E-state index contributed by atoms with van der Waals surface area (Å²) in [6.45, 7) is 4.18. The summed E-state index contributed by atoms with van der Waals surface area (Å²) >= 11 is 0. The molecule has 4 nitrogen and oxygen atoms in total. The Morgan fingerprint density at radius 1 is 1.41 bits per heavy atom. The summed E-state index contributed by atoms with van der Waals surface area (Å²) in [6.07, 6.45) is 3.38. The van der Waals surface area contributed by atoms with E-state index in [1.165, 1.54) is 12.8 Å². The Morgan fingerprint density at radius 2 is 2.24 bits per heavy atom. The van der Waals surface area contributed by atoms with Gasteiger partial charge in [0.15, 0.2) is 5.78 Å². The molecule has 0 bridgehead atoms. The van der Waals surface area contributed by atoms with Gasteiger partial charge in [-0.1, -0.05) is 0 Å². The second-order valence-electron chi connectivity index (χ2n) is 5.56. The molecular formula is C13H24N2O2. The van der Waals surface area contributed by atoms with Gasteiger partial charge in [-0.2, -0.15) is 0 Å². The Hall–Kier alpha value is -0.450. The molecule has 98 valence electrons. The maximum absolute atomic E-state index is 12.1. The average Bonchev–Trinajstić information content (AvgIpc) is 2.89. The van der Waals surface area contributed by atoms with Crippen LogP contribution in [0.3, 0.4) is 0 Å². The minimum absolute atomic E-state index is 0.163. The SMILES string of the molecule is CN(C)CC1CCCN1CC(=O)C1CCOC1. The van der Waals surface area contributed by atoms with E-state index < -0.39 is 0 Å². The molecule has 0 radical (unpaired) electrons. The molecule has 2 atom stereocenters. The van der Waals surface area contributed by atoms with Crippen molar-refractivity contribution in [3.05, 3.63) is 0 Å². The van der Waals surface area contributed by atoms with Crippen LogP contribution in [0, 0.1) is 5.92 Å². The molecule has 0 N–H and O–H groups in total. The van der Waals surface area contributed by atoms with E-state index >= 15 is 0 Å². The molecular weight excluding hydrogens is 216 g/mol. The average molecular weight is 240 g/mol. The quantitative estimate of drug-likeness (QED) is 0.705. The summed E-state index contributed by atoms with van der Waals surface area (Å²) in [5, 5.41) is 0. The van der Waals surface area contributed by atoms with Crippen molar-refractivity contribution in [1.29, 1.82) is 0 Å². The number of Topliss-reactive ketones (excluding diaryl/α,β-unsaturated/α-hetero) is 1. The monoisotopic (exact) mass is 240 g/mol. The molecule has 2 unspecified atom stereocenters. The largest absolute Gasteiger partial charge is 0.381 e. The van der Waals surface area contributed by atoms with E-state index in [1.807, 2.05) is 0 Å². The van der Waals surface area contributed by atoms with Crippen molar-refractivity contribution in [3.63, 3.8) is 0 Å². The van der Waals surface area contributed by atoms with Crippen LogP contribution in [0.4, 0.5) is 0 Å². The van der Waals surface area contributed by atoms with Crippen LogP contribution >= 0.6 is 0 Å². The number of rotatable bonds is 5. The fraction of sp³-hybridized carbons (Fsp3) is 0.923. The summed E-state index contributed by atoms with van der Waals surface area (Å²) in [7, 11) is 4.20. The van der Waals surface area contributed by atoms with Crippen LogP contribution in [0.5, 0.6) is 0 Å². The first kappa shape index (κ1) is 13.0.